The molecule has 0 heterocycles. The van der Waals surface area contributed by atoms with Gasteiger partial charge in [0.1, 0.15) is 5.75 Å². The quantitative estimate of drug-likeness (QED) is 0.547. The Bertz CT molecular complexity index is 673. The lowest BCUT2D eigenvalue weighted by Gasteiger charge is -2.23. The molecule has 2 aromatic rings. The molecule has 4 nitrogen and oxygen atoms in total. The van der Waals surface area contributed by atoms with E-state index in [1.807, 2.05) is 24.3 Å². The molecule has 0 unspecified atom stereocenters. The van der Waals surface area contributed by atoms with E-state index in [1.54, 1.807) is 7.11 Å². The lowest BCUT2D eigenvalue weighted by atomic mass is 10.2. The molecule has 0 aliphatic heterocycles. The van der Waals surface area contributed by atoms with Crippen LogP contribution in [0.15, 0.2) is 48.5 Å². The predicted octanol–water partition coefficient (Wildman–Crippen LogP) is 4.21. The molecule has 5 heteroatoms. The summed E-state index contributed by atoms with van der Waals surface area (Å²) in [6.45, 7) is 7.12. The molecule has 0 aromatic heterocycles. The summed E-state index contributed by atoms with van der Waals surface area (Å²) >= 11 is 5.35. The van der Waals surface area contributed by atoms with Gasteiger partial charge in [-0.05, 0) is 56.8 Å². The van der Waals surface area contributed by atoms with Gasteiger partial charge >= 0.3 is 0 Å². The van der Waals surface area contributed by atoms with Crippen LogP contribution in [0.1, 0.15) is 18.9 Å². The number of nitrogens with one attached hydrogen (secondary N) is 2. The number of anilines is 2. The van der Waals surface area contributed by atoms with Crippen molar-refractivity contribution in [2.24, 2.45) is 0 Å². The van der Waals surface area contributed by atoms with Gasteiger partial charge < -0.3 is 20.3 Å². The predicted molar refractivity (Wildman–Crippen MR) is 111 cm³/mol. The number of ether oxygens (including phenoxy) is 1. The average Bonchev–Trinajstić information content (AvgIpc) is 2.63. The van der Waals surface area contributed by atoms with Crippen LogP contribution in [0.2, 0.25) is 0 Å². The van der Waals surface area contributed by atoms with Crippen molar-refractivity contribution >= 4 is 28.7 Å². The molecule has 0 saturated heterocycles. The normalized spacial score (nSPS) is 10.2. The highest BCUT2D eigenvalue weighted by atomic mass is 32.1. The molecule has 0 spiro atoms. The minimum atomic E-state index is 0.631. The van der Waals surface area contributed by atoms with E-state index < -0.39 is 0 Å². The largest absolute Gasteiger partial charge is 0.497 e. The fourth-order valence-electron chi connectivity index (χ4n) is 2.57. The number of aryl methyl sites for hydroxylation is 1. The third-order valence-electron chi connectivity index (χ3n) is 4.00. The Morgan fingerprint density at radius 1 is 1.16 bits per heavy atom. The van der Waals surface area contributed by atoms with Crippen LogP contribution in [-0.2, 0) is 0 Å². The third-order valence-corrected chi connectivity index (χ3v) is 4.25. The minimum absolute atomic E-state index is 0.631. The van der Waals surface area contributed by atoms with Crippen molar-refractivity contribution in [1.82, 2.24) is 5.32 Å². The topological polar surface area (TPSA) is 36.5 Å². The lowest BCUT2D eigenvalue weighted by Crippen LogP contribution is -2.32. The van der Waals surface area contributed by atoms with Gasteiger partial charge in [-0.3, -0.25) is 0 Å². The SMILES string of the molecule is CCN(CCCNC(=S)Nc1cccc(OC)c1)c1ccc(C)cc1. The highest BCUT2D eigenvalue weighted by Gasteiger charge is 2.04. The highest BCUT2D eigenvalue weighted by Crippen LogP contribution is 2.17. The van der Waals surface area contributed by atoms with E-state index in [2.05, 4.69) is 53.6 Å². The van der Waals surface area contributed by atoms with Gasteiger partial charge in [0.05, 0.1) is 7.11 Å². The Morgan fingerprint density at radius 3 is 2.60 bits per heavy atom. The van der Waals surface area contributed by atoms with Crippen molar-refractivity contribution in [3.8, 4) is 5.75 Å². The van der Waals surface area contributed by atoms with Gasteiger partial charge in [-0.25, -0.2) is 0 Å². The summed E-state index contributed by atoms with van der Waals surface area (Å²) in [6, 6.07) is 16.4. The van der Waals surface area contributed by atoms with Gasteiger partial charge in [0.2, 0.25) is 0 Å². The van der Waals surface area contributed by atoms with Crippen molar-refractivity contribution in [3.63, 3.8) is 0 Å². The van der Waals surface area contributed by atoms with Crippen molar-refractivity contribution in [2.75, 3.05) is 37.0 Å². The minimum Gasteiger partial charge on any atom is -0.497 e. The van der Waals surface area contributed by atoms with E-state index in [9.17, 15) is 0 Å². The molecule has 0 atom stereocenters. The highest BCUT2D eigenvalue weighted by molar-refractivity contribution is 7.80. The Balaban J connectivity index is 1.73. The summed E-state index contributed by atoms with van der Waals surface area (Å²) in [6.07, 6.45) is 1.02. The first-order valence-electron chi connectivity index (χ1n) is 8.63. The Kier molecular flexibility index (Phi) is 7.54. The van der Waals surface area contributed by atoms with Crippen LogP contribution in [0.25, 0.3) is 0 Å². The monoisotopic (exact) mass is 357 g/mol. The number of nitrogens with zero attached hydrogens (tertiary/aromatic N) is 1. The molecular weight excluding hydrogens is 330 g/mol. The third kappa shape index (κ3) is 6.27. The molecule has 2 aromatic carbocycles. The fourth-order valence-corrected chi connectivity index (χ4v) is 2.79. The number of hydrogen-bond donors (Lipinski definition) is 2. The van der Waals surface area contributed by atoms with Crippen molar-refractivity contribution in [2.45, 2.75) is 20.3 Å². The van der Waals surface area contributed by atoms with Crippen molar-refractivity contribution in [1.29, 1.82) is 0 Å². The summed E-state index contributed by atoms with van der Waals surface area (Å²) in [7, 11) is 1.66. The molecule has 0 bridgehead atoms. The average molecular weight is 358 g/mol. The maximum atomic E-state index is 5.35. The van der Waals surface area contributed by atoms with Gasteiger partial charge in [-0.1, -0.05) is 23.8 Å². The summed E-state index contributed by atoms with van der Waals surface area (Å²) in [5.74, 6) is 0.810. The summed E-state index contributed by atoms with van der Waals surface area (Å²) in [5, 5.41) is 7.08. The molecule has 134 valence electrons. The van der Waals surface area contributed by atoms with E-state index >= 15 is 0 Å². The first-order valence-corrected chi connectivity index (χ1v) is 9.03. The number of methoxy groups -OCH3 is 1. The first-order chi connectivity index (χ1) is 12.1. The van der Waals surface area contributed by atoms with Gasteiger partial charge in [-0.15, -0.1) is 0 Å². The second kappa shape index (κ2) is 9.89. The molecule has 2 N–H and O–H groups in total. The summed E-state index contributed by atoms with van der Waals surface area (Å²) < 4.78 is 5.21. The van der Waals surface area contributed by atoms with Crippen LogP contribution in [0.5, 0.6) is 5.75 Å². The molecule has 0 fully saturated rings. The molecule has 25 heavy (non-hydrogen) atoms. The number of benzene rings is 2. The van der Waals surface area contributed by atoms with Crippen molar-refractivity contribution < 1.29 is 4.74 Å². The van der Waals surface area contributed by atoms with Crippen LogP contribution in [0, 0.1) is 6.92 Å². The van der Waals surface area contributed by atoms with Gasteiger partial charge in [0, 0.05) is 37.1 Å². The Morgan fingerprint density at radius 2 is 1.92 bits per heavy atom. The molecule has 2 rings (SSSR count). The molecule has 0 amide bonds. The van der Waals surface area contributed by atoms with Gasteiger partial charge in [0.25, 0.3) is 0 Å². The second-order valence-corrected chi connectivity index (χ2v) is 6.29. The molecule has 0 aliphatic carbocycles. The zero-order valence-corrected chi connectivity index (χ0v) is 16.0. The molecule has 0 radical (unpaired) electrons. The summed E-state index contributed by atoms with van der Waals surface area (Å²) in [4.78, 5) is 2.37. The van der Waals surface area contributed by atoms with E-state index in [4.69, 9.17) is 17.0 Å². The van der Waals surface area contributed by atoms with E-state index in [1.165, 1.54) is 11.3 Å². The summed E-state index contributed by atoms with van der Waals surface area (Å²) in [5.41, 5.74) is 3.48. The van der Waals surface area contributed by atoms with Gasteiger partial charge in [-0.2, -0.15) is 0 Å². The Labute approximate surface area is 156 Å². The second-order valence-electron chi connectivity index (χ2n) is 5.88. The van der Waals surface area contributed by atoms with Crippen LogP contribution in [0.4, 0.5) is 11.4 Å². The van der Waals surface area contributed by atoms with Crippen LogP contribution >= 0.6 is 12.2 Å². The van der Waals surface area contributed by atoms with E-state index in [0.717, 1.165) is 37.5 Å². The lowest BCUT2D eigenvalue weighted by molar-refractivity contribution is 0.415. The smallest absolute Gasteiger partial charge is 0.170 e. The molecular formula is C20H27N3OS. The van der Waals surface area contributed by atoms with Crippen LogP contribution in [0.3, 0.4) is 0 Å². The Hall–Kier alpha value is -2.27. The van der Waals surface area contributed by atoms with Crippen LogP contribution < -0.4 is 20.3 Å². The standard InChI is InChI=1S/C20H27N3OS/c1-4-23(18-11-9-16(2)10-12-18)14-6-13-21-20(25)22-17-7-5-8-19(15-17)24-3/h5,7-12,15H,4,6,13-14H2,1-3H3,(H2,21,22,25). The molecule has 0 saturated carbocycles. The zero-order chi connectivity index (χ0) is 18.1. The maximum Gasteiger partial charge on any atom is 0.170 e. The zero-order valence-electron chi connectivity index (χ0n) is 15.2. The fraction of sp³-hybridized carbons (Fsp3) is 0.350. The van der Waals surface area contributed by atoms with Crippen LogP contribution in [-0.4, -0.2) is 31.9 Å². The van der Waals surface area contributed by atoms with Crippen molar-refractivity contribution in [3.05, 3.63) is 54.1 Å². The van der Waals surface area contributed by atoms with E-state index in [-0.39, 0.29) is 0 Å². The first kappa shape index (κ1) is 19.1. The van der Waals surface area contributed by atoms with Gasteiger partial charge in [0.15, 0.2) is 5.11 Å². The molecule has 0 aliphatic rings. The number of rotatable bonds is 8. The number of thiocarbonyl (C=S) groups is 1. The van der Waals surface area contributed by atoms with E-state index in [0.29, 0.717) is 5.11 Å². The number of hydrogen-bond acceptors (Lipinski definition) is 3. The maximum absolute atomic E-state index is 5.35.